The first-order valence-corrected chi connectivity index (χ1v) is 13.6. The Labute approximate surface area is 228 Å². The molecule has 1 aliphatic rings. The molecule has 0 spiro atoms. The number of benzene rings is 3. The minimum Gasteiger partial charge on any atom is -0.465 e. The normalized spacial score (nSPS) is 17.8. The SMILES string of the molecule is CCC[C@](C)(OC)[C@@H](NSC(c1ccccc1)(c1ccccc1)c1ccccc1)[C@@H]1C=CC(=O)N1C(=O)O. The fraction of sp³-hybridized carbons (Fsp3) is 0.290. The molecule has 2 N–H and O–H groups in total. The van der Waals surface area contributed by atoms with Gasteiger partial charge in [-0.2, -0.15) is 0 Å². The van der Waals surface area contributed by atoms with Gasteiger partial charge in [-0.25, -0.2) is 9.69 Å². The Morgan fingerprint density at radius 3 is 1.84 bits per heavy atom. The molecule has 0 fully saturated rings. The van der Waals surface area contributed by atoms with Gasteiger partial charge in [-0.1, -0.05) is 122 Å². The molecule has 1 aliphatic heterocycles. The molecule has 0 aliphatic carbocycles. The number of amides is 2. The standard InChI is InChI=1S/C31H34N2O4S/c1-4-22-30(2,37-3)28(26-20-21-27(34)33(26)29(35)36)32-38-31(23-14-8-5-9-15-23,24-16-10-6-11-17-24)25-18-12-7-13-19-25/h5-21,26,28,32H,4,22H2,1-3H3,(H,35,36)/t26-,28-,30-/m0/s1. The van der Waals surface area contributed by atoms with Crippen molar-refractivity contribution in [2.24, 2.45) is 0 Å². The molecular weight excluding hydrogens is 496 g/mol. The number of hydrogen-bond donors (Lipinski definition) is 2. The summed E-state index contributed by atoms with van der Waals surface area (Å²) in [7, 11) is 1.64. The summed E-state index contributed by atoms with van der Waals surface area (Å²) in [4.78, 5) is 25.6. The fourth-order valence-electron chi connectivity index (χ4n) is 5.26. The Hall–Kier alpha value is -3.39. The number of nitrogens with one attached hydrogen (secondary N) is 1. The van der Waals surface area contributed by atoms with Gasteiger partial charge in [0.1, 0.15) is 4.75 Å². The molecule has 2 amide bonds. The van der Waals surface area contributed by atoms with Crippen LogP contribution >= 0.6 is 11.9 Å². The maximum absolute atomic E-state index is 12.6. The lowest BCUT2D eigenvalue weighted by atomic mass is 9.84. The summed E-state index contributed by atoms with van der Waals surface area (Å²) in [6, 6.07) is 29.5. The zero-order valence-electron chi connectivity index (χ0n) is 21.9. The van der Waals surface area contributed by atoms with Crippen LogP contribution in [-0.4, -0.2) is 46.8 Å². The quantitative estimate of drug-likeness (QED) is 0.226. The number of methoxy groups -OCH3 is 1. The first-order chi connectivity index (χ1) is 18.4. The van der Waals surface area contributed by atoms with E-state index in [0.717, 1.165) is 28.0 Å². The highest BCUT2D eigenvalue weighted by atomic mass is 32.2. The van der Waals surface area contributed by atoms with Gasteiger partial charge < -0.3 is 9.84 Å². The Morgan fingerprint density at radius 2 is 1.45 bits per heavy atom. The van der Waals surface area contributed by atoms with E-state index in [1.165, 1.54) is 18.0 Å². The van der Waals surface area contributed by atoms with Gasteiger partial charge in [0.15, 0.2) is 0 Å². The molecule has 0 bridgehead atoms. The summed E-state index contributed by atoms with van der Waals surface area (Å²) in [6.07, 6.45) is 3.21. The smallest absolute Gasteiger partial charge is 0.414 e. The average Bonchev–Trinajstić information content (AvgIpc) is 3.33. The Bertz CT molecular complexity index is 1160. The second-order valence-corrected chi connectivity index (χ2v) is 10.6. The van der Waals surface area contributed by atoms with Gasteiger partial charge in [0, 0.05) is 13.2 Å². The van der Waals surface area contributed by atoms with Crippen LogP contribution in [0.3, 0.4) is 0 Å². The van der Waals surface area contributed by atoms with Gasteiger partial charge >= 0.3 is 6.09 Å². The third-order valence-corrected chi connectivity index (χ3v) is 8.65. The highest BCUT2D eigenvalue weighted by Crippen LogP contribution is 2.48. The van der Waals surface area contributed by atoms with Crippen LogP contribution in [0.15, 0.2) is 103 Å². The minimum absolute atomic E-state index is 0.535. The molecule has 7 heteroatoms. The predicted octanol–water partition coefficient (Wildman–Crippen LogP) is 6.24. The summed E-state index contributed by atoms with van der Waals surface area (Å²) in [5, 5.41) is 9.92. The molecule has 3 aromatic carbocycles. The van der Waals surface area contributed by atoms with Gasteiger partial charge in [0.2, 0.25) is 0 Å². The molecule has 0 aromatic heterocycles. The number of nitrogens with zero attached hydrogens (tertiary/aromatic N) is 1. The van der Waals surface area contributed by atoms with E-state index in [0.29, 0.717) is 6.42 Å². The van der Waals surface area contributed by atoms with Crippen molar-refractivity contribution in [3.8, 4) is 0 Å². The lowest BCUT2D eigenvalue weighted by Gasteiger charge is -2.44. The highest BCUT2D eigenvalue weighted by molar-refractivity contribution is 7.98. The zero-order chi connectivity index (χ0) is 27.2. The molecule has 38 heavy (non-hydrogen) atoms. The summed E-state index contributed by atoms with van der Waals surface area (Å²) >= 11 is 1.51. The lowest BCUT2D eigenvalue weighted by Crippen LogP contribution is -2.60. The number of imide groups is 1. The lowest BCUT2D eigenvalue weighted by molar-refractivity contribution is -0.125. The Balaban J connectivity index is 1.87. The van der Waals surface area contributed by atoms with Crippen molar-refractivity contribution in [3.63, 3.8) is 0 Å². The van der Waals surface area contributed by atoms with Crippen LogP contribution in [0.1, 0.15) is 43.4 Å². The third kappa shape index (κ3) is 5.27. The van der Waals surface area contributed by atoms with Crippen molar-refractivity contribution < 1.29 is 19.4 Å². The minimum atomic E-state index is -1.28. The van der Waals surface area contributed by atoms with Gasteiger partial charge in [-0.3, -0.25) is 9.52 Å². The zero-order valence-corrected chi connectivity index (χ0v) is 22.7. The van der Waals surface area contributed by atoms with Gasteiger partial charge in [-0.15, -0.1) is 0 Å². The molecule has 0 radical (unpaired) electrons. The van der Waals surface area contributed by atoms with Gasteiger partial charge in [-0.05, 0) is 30.0 Å². The molecule has 6 nitrogen and oxygen atoms in total. The number of carboxylic acid groups (broad SMARTS) is 1. The van der Waals surface area contributed by atoms with E-state index in [1.54, 1.807) is 13.2 Å². The van der Waals surface area contributed by atoms with Crippen LogP contribution < -0.4 is 4.72 Å². The topological polar surface area (TPSA) is 78.9 Å². The van der Waals surface area contributed by atoms with E-state index < -0.39 is 34.4 Å². The monoisotopic (exact) mass is 530 g/mol. The number of carbonyl (C=O) groups is 2. The van der Waals surface area contributed by atoms with Crippen molar-refractivity contribution in [2.45, 2.75) is 49.1 Å². The number of ether oxygens (including phenoxy) is 1. The van der Waals surface area contributed by atoms with E-state index in [-0.39, 0.29) is 0 Å². The van der Waals surface area contributed by atoms with Crippen molar-refractivity contribution >= 4 is 23.9 Å². The van der Waals surface area contributed by atoms with Crippen LogP contribution in [0, 0.1) is 0 Å². The van der Waals surface area contributed by atoms with E-state index in [9.17, 15) is 14.7 Å². The molecule has 0 saturated carbocycles. The van der Waals surface area contributed by atoms with Crippen molar-refractivity contribution in [1.29, 1.82) is 0 Å². The largest absolute Gasteiger partial charge is 0.465 e. The van der Waals surface area contributed by atoms with Gasteiger partial charge in [0.25, 0.3) is 5.91 Å². The fourth-order valence-corrected chi connectivity index (χ4v) is 6.71. The number of carbonyl (C=O) groups excluding carboxylic acids is 1. The van der Waals surface area contributed by atoms with E-state index in [1.807, 2.05) is 61.5 Å². The predicted molar refractivity (Wildman–Crippen MR) is 152 cm³/mol. The maximum atomic E-state index is 12.6. The van der Waals surface area contributed by atoms with Crippen LogP contribution in [0.5, 0.6) is 0 Å². The average molecular weight is 531 g/mol. The van der Waals surface area contributed by atoms with Gasteiger partial charge in [0.05, 0.1) is 17.7 Å². The van der Waals surface area contributed by atoms with Crippen molar-refractivity contribution in [3.05, 3.63) is 120 Å². The first kappa shape index (κ1) is 27.6. The van der Waals surface area contributed by atoms with Crippen LogP contribution in [0.4, 0.5) is 4.79 Å². The molecule has 3 aromatic rings. The summed E-state index contributed by atoms with van der Waals surface area (Å²) in [5.74, 6) is -0.547. The van der Waals surface area contributed by atoms with Crippen LogP contribution in [-0.2, 0) is 14.3 Å². The van der Waals surface area contributed by atoms with Crippen LogP contribution in [0.25, 0.3) is 0 Å². The van der Waals surface area contributed by atoms with Crippen LogP contribution in [0.2, 0.25) is 0 Å². The van der Waals surface area contributed by atoms with E-state index >= 15 is 0 Å². The van der Waals surface area contributed by atoms with Crippen molar-refractivity contribution in [2.75, 3.05) is 7.11 Å². The van der Waals surface area contributed by atoms with E-state index in [4.69, 9.17) is 4.74 Å². The third-order valence-electron chi connectivity index (χ3n) is 7.27. The second kappa shape index (κ2) is 12.0. The maximum Gasteiger partial charge on any atom is 0.414 e. The molecular formula is C31H34N2O4S. The second-order valence-electron chi connectivity index (χ2n) is 9.58. The molecule has 198 valence electrons. The van der Waals surface area contributed by atoms with Crippen molar-refractivity contribution in [1.82, 2.24) is 9.62 Å². The molecule has 1 heterocycles. The number of hydrogen-bond acceptors (Lipinski definition) is 5. The number of rotatable bonds is 11. The molecule has 4 rings (SSSR count). The summed E-state index contributed by atoms with van der Waals surface area (Å²) in [6.45, 7) is 4.04. The summed E-state index contributed by atoms with van der Waals surface area (Å²) < 4.78 is 9.04. The molecule has 0 unspecified atom stereocenters. The van der Waals surface area contributed by atoms with E-state index in [2.05, 4.69) is 48.0 Å². The summed E-state index contributed by atoms with van der Waals surface area (Å²) in [5.41, 5.74) is 2.44. The molecule has 3 atom stereocenters. The Morgan fingerprint density at radius 1 is 0.974 bits per heavy atom. The first-order valence-electron chi connectivity index (χ1n) is 12.8. The molecule has 0 saturated heterocycles. The Kier molecular flexibility index (Phi) is 8.72. The highest BCUT2D eigenvalue weighted by Gasteiger charge is 2.48.